The van der Waals surface area contributed by atoms with Gasteiger partial charge in [0.2, 0.25) is 0 Å². The molecule has 6 aliphatic rings. The first-order valence-corrected chi connectivity index (χ1v) is 23.3. The summed E-state index contributed by atoms with van der Waals surface area (Å²) >= 11 is 4.03. The Hall–Kier alpha value is -4.60. The Bertz CT molecular complexity index is 2510. The van der Waals surface area contributed by atoms with E-state index in [1.165, 1.54) is 38.5 Å². The van der Waals surface area contributed by atoms with E-state index in [2.05, 4.69) is 98.8 Å². The van der Waals surface area contributed by atoms with Gasteiger partial charge in [-0.3, -0.25) is 9.98 Å². The summed E-state index contributed by atoms with van der Waals surface area (Å²) in [4.78, 5) is 12.3. The van der Waals surface area contributed by atoms with Crippen molar-refractivity contribution in [3.05, 3.63) is 154 Å². The summed E-state index contributed by atoms with van der Waals surface area (Å²) in [5.74, 6) is 1.01. The standard InChI is InChI=1S/C53H54N4O2S2/c1-48(2)50(5,6)56(58)46(54-48)38-26-18-34(19-27-38)32-14-22-36(23-15-32)44-30-42-40-12-11-13-41(40)43-31-45(61-53(10,60-44)52(42,43)9)37-24-16-33(17-25-37)35-20-28-39(29-21-35)47-55-49(3,4)51(7,8)57(47)59/h14-31H,11-13H2,1-10H3. The molecule has 10 rings (SSSR count). The minimum atomic E-state index is -0.607. The molecule has 0 amide bonds. The normalized spacial score (nSPS) is 26.6. The van der Waals surface area contributed by atoms with Crippen molar-refractivity contribution >= 4 is 45.0 Å². The number of rotatable bonds is 6. The maximum Gasteiger partial charge on any atom is 0.159 e. The maximum absolute atomic E-state index is 13.2. The van der Waals surface area contributed by atoms with Crippen LogP contribution in [0.3, 0.4) is 0 Å². The van der Waals surface area contributed by atoms with Gasteiger partial charge in [0.25, 0.3) is 0 Å². The van der Waals surface area contributed by atoms with Crippen LogP contribution >= 0.6 is 23.5 Å². The average molecular weight is 843 g/mol. The highest BCUT2D eigenvalue weighted by molar-refractivity contribution is 8.26. The molecular formula is C53H54N4O2S2. The van der Waals surface area contributed by atoms with Crippen LogP contribution < -0.4 is 0 Å². The molecule has 4 aliphatic heterocycles. The smallest absolute Gasteiger partial charge is 0.159 e. The average Bonchev–Trinajstić information content (AvgIpc) is 3.89. The number of hydrogen-bond acceptors (Lipinski definition) is 6. The van der Waals surface area contributed by atoms with Gasteiger partial charge >= 0.3 is 0 Å². The van der Waals surface area contributed by atoms with Gasteiger partial charge in [-0.15, -0.1) is 23.5 Å². The Morgan fingerprint density at radius 2 is 0.738 bits per heavy atom. The molecule has 0 saturated heterocycles. The lowest BCUT2D eigenvalue weighted by molar-refractivity contribution is -0.158. The van der Waals surface area contributed by atoms with Gasteiger partial charge in [-0.2, -0.15) is 10.1 Å². The van der Waals surface area contributed by atoms with E-state index in [4.69, 9.17) is 9.98 Å². The van der Waals surface area contributed by atoms with Gasteiger partial charge in [-0.1, -0.05) is 107 Å². The number of allylic oxidation sites excluding steroid dienone is 6. The van der Waals surface area contributed by atoms with Gasteiger partial charge in [0.1, 0.15) is 0 Å². The summed E-state index contributed by atoms with van der Waals surface area (Å²) in [6.07, 6.45) is 8.53. The second-order valence-corrected chi connectivity index (χ2v) is 23.1. The third-order valence-corrected chi connectivity index (χ3v) is 18.7. The highest BCUT2D eigenvalue weighted by atomic mass is 32.2. The van der Waals surface area contributed by atoms with Crippen molar-refractivity contribution in [2.75, 3.05) is 0 Å². The molecule has 0 N–H and O–H groups in total. The van der Waals surface area contributed by atoms with Crippen molar-refractivity contribution < 1.29 is 10.4 Å². The Kier molecular flexibility index (Phi) is 8.92. The molecule has 0 bridgehead atoms. The Labute approximate surface area is 369 Å². The third kappa shape index (κ3) is 5.85. The van der Waals surface area contributed by atoms with E-state index in [0.29, 0.717) is 11.7 Å². The lowest BCUT2D eigenvalue weighted by Gasteiger charge is -2.52. The summed E-state index contributed by atoms with van der Waals surface area (Å²) < 4.78 is -0.151. The molecule has 0 spiro atoms. The zero-order chi connectivity index (χ0) is 43.1. The van der Waals surface area contributed by atoms with Crippen molar-refractivity contribution in [2.45, 2.75) is 115 Å². The Balaban J connectivity index is 0.904. The second kappa shape index (κ2) is 13.5. The molecular weight excluding hydrogens is 789 g/mol. The molecule has 4 aromatic carbocycles. The fourth-order valence-electron chi connectivity index (χ4n) is 9.85. The predicted octanol–water partition coefficient (Wildman–Crippen LogP) is 13.3. The maximum atomic E-state index is 13.2. The van der Waals surface area contributed by atoms with E-state index in [-0.39, 0.29) is 9.49 Å². The summed E-state index contributed by atoms with van der Waals surface area (Å²) in [7, 11) is 0. The van der Waals surface area contributed by atoms with Crippen LogP contribution in [0, 0.1) is 5.41 Å². The zero-order valence-corrected chi connectivity index (χ0v) is 38.6. The van der Waals surface area contributed by atoms with Gasteiger partial charge in [0, 0.05) is 26.4 Å². The van der Waals surface area contributed by atoms with Crippen LogP contribution in [0.1, 0.15) is 111 Å². The molecule has 1 fully saturated rings. The van der Waals surface area contributed by atoms with Crippen molar-refractivity contribution in [2.24, 2.45) is 15.4 Å². The fraction of sp³-hybridized carbons (Fsp3) is 0.358. The molecule has 2 aliphatic carbocycles. The topological polar surface area (TPSA) is 71.0 Å². The number of fused-ring (bicyclic) bond motifs is 1. The fourth-order valence-corrected chi connectivity index (χ4v) is 13.1. The quantitative estimate of drug-likeness (QED) is 0.194. The molecule has 310 valence electrons. The molecule has 0 atom stereocenters. The van der Waals surface area contributed by atoms with Crippen LogP contribution in [-0.2, 0) is 10.4 Å². The van der Waals surface area contributed by atoms with Crippen molar-refractivity contribution in [1.29, 1.82) is 0 Å². The van der Waals surface area contributed by atoms with Crippen molar-refractivity contribution in [3.8, 4) is 22.3 Å². The van der Waals surface area contributed by atoms with Crippen molar-refractivity contribution in [1.82, 2.24) is 10.1 Å². The van der Waals surface area contributed by atoms with Crippen LogP contribution in [-0.4, -0.2) is 48.0 Å². The number of aliphatic imine (C=N–C) groups is 2. The molecule has 4 heterocycles. The van der Waals surface area contributed by atoms with E-state index < -0.39 is 22.2 Å². The number of hydroxylamine groups is 4. The second-order valence-electron chi connectivity index (χ2n) is 19.9. The van der Waals surface area contributed by atoms with Crippen LogP contribution in [0.4, 0.5) is 0 Å². The van der Waals surface area contributed by atoms with Crippen LogP contribution in [0.2, 0.25) is 0 Å². The van der Waals surface area contributed by atoms with Gasteiger partial charge < -0.3 is 0 Å². The van der Waals surface area contributed by atoms with E-state index in [9.17, 15) is 10.4 Å². The molecule has 2 radical (unpaired) electrons. The Morgan fingerprint density at radius 3 is 1.03 bits per heavy atom. The molecule has 0 unspecified atom stereocenters. The third-order valence-electron chi connectivity index (χ3n) is 15.5. The summed E-state index contributed by atoms with van der Waals surface area (Å²) in [5, 5.41) is 28.6. The first kappa shape index (κ1) is 40.5. The molecule has 0 aromatic heterocycles. The molecule has 8 heteroatoms. The SMILES string of the molecule is CC1(C)N=C(c2ccc(-c3ccc(C4=CC5=C6CCCC6=C6C=C(c7ccc(-c8ccc(C9=NC(C)(C)C(C)(C)N9[O])cc8)cc7)SC(C)(S4)C56C)cc3)cc2)N([O])C1(C)C. The van der Waals surface area contributed by atoms with Gasteiger partial charge in [0.05, 0.1) is 26.2 Å². The van der Waals surface area contributed by atoms with Gasteiger partial charge in [-0.05, 0) is 156 Å². The van der Waals surface area contributed by atoms with E-state index in [1.807, 2.05) is 103 Å². The van der Waals surface area contributed by atoms with Gasteiger partial charge in [-0.25, -0.2) is 0 Å². The van der Waals surface area contributed by atoms with E-state index >= 15 is 0 Å². The van der Waals surface area contributed by atoms with Crippen molar-refractivity contribution in [3.63, 3.8) is 0 Å². The predicted molar refractivity (Wildman–Crippen MR) is 254 cm³/mol. The lowest BCUT2D eigenvalue weighted by Crippen LogP contribution is -2.50. The first-order chi connectivity index (χ1) is 28.8. The number of benzene rings is 4. The monoisotopic (exact) mass is 842 g/mol. The zero-order valence-electron chi connectivity index (χ0n) is 36.9. The molecule has 6 nitrogen and oxygen atoms in total. The van der Waals surface area contributed by atoms with Crippen LogP contribution in [0.25, 0.3) is 32.1 Å². The van der Waals surface area contributed by atoms with E-state index in [1.54, 1.807) is 11.1 Å². The minimum Gasteiger partial charge on any atom is -0.257 e. The van der Waals surface area contributed by atoms with E-state index in [0.717, 1.165) is 56.3 Å². The number of hydrogen-bond donors (Lipinski definition) is 0. The largest absolute Gasteiger partial charge is 0.257 e. The Morgan fingerprint density at radius 1 is 0.443 bits per heavy atom. The molecule has 1 saturated carbocycles. The number of amidine groups is 2. The summed E-state index contributed by atoms with van der Waals surface area (Å²) in [6, 6.07) is 34.5. The number of thioether (sulfide) groups is 2. The highest BCUT2D eigenvalue weighted by Crippen LogP contribution is 2.73. The van der Waals surface area contributed by atoms with Crippen LogP contribution in [0.5, 0.6) is 0 Å². The lowest BCUT2D eigenvalue weighted by atomic mass is 9.73. The minimum absolute atomic E-state index is 0.0782. The van der Waals surface area contributed by atoms with Crippen LogP contribution in [0.15, 0.2) is 141 Å². The first-order valence-electron chi connectivity index (χ1n) is 21.6. The summed E-state index contributed by atoms with van der Waals surface area (Å²) in [5.41, 5.74) is 12.6. The molecule has 61 heavy (non-hydrogen) atoms. The highest BCUT2D eigenvalue weighted by Gasteiger charge is 2.59. The number of nitrogens with zero attached hydrogens (tertiary/aromatic N) is 4. The summed E-state index contributed by atoms with van der Waals surface area (Å²) in [6.45, 7) is 20.9. The van der Waals surface area contributed by atoms with Gasteiger partial charge in [0.15, 0.2) is 11.7 Å². The molecule has 4 aromatic rings.